The molecule has 0 saturated carbocycles. The van der Waals surface area contributed by atoms with Crippen LogP contribution in [0.15, 0.2) is 48.5 Å². The highest BCUT2D eigenvalue weighted by atomic mass is 19.1. The van der Waals surface area contributed by atoms with E-state index in [4.69, 9.17) is 4.98 Å². The van der Waals surface area contributed by atoms with Crippen LogP contribution >= 0.6 is 0 Å². The fourth-order valence-corrected chi connectivity index (χ4v) is 4.03. The molecule has 6 heteroatoms. The number of rotatable bonds is 3. The van der Waals surface area contributed by atoms with E-state index in [0.29, 0.717) is 0 Å². The number of imidazole rings is 1. The zero-order valence-corrected chi connectivity index (χ0v) is 17.4. The van der Waals surface area contributed by atoms with Crippen molar-refractivity contribution in [2.75, 3.05) is 18.9 Å². The Balaban J connectivity index is 1.95. The zero-order valence-electron chi connectivity index (χ0n) is 17.4. The number of benzene rings is 2. The van der Waals surface area contributed by atoms with Crippen LogP contribution in [-0.2, 0) is 11.1 Å². The Kier molecular flexibility index (Phi) is 4.50. The third-order valence-electron chi connectivity index (χ3n) is 5.83. The molecule has 0 spiro atoms. The van der Waals surface area contributed by atoms with E-state index in [1.165, 1.54) is 24.3 Å². The first-order valence-corrected chi connectivity index (χ1v) is 9.73. The van der Waals surface area contributed by atoms with Crippen molar-refractivity contribution in [2.45, 2.75) is 38.8 Å². The van der Waals surface area contributed by atoms with Gasteiger partial charge in [0, 0.05) is 17.8 Å². The highest BCUT2D eigenvalue weighted by Crippen LogP contribution is 2.44. The first-order valence-electron chi connectivity index (χ1n) is 9.73. The van der Waals surface area contributed by atoms with Gasteiger partial charge in [-0.15, -0.1) is 0 Å². The Labute approximate surface area is 170 Å². The van der Waals surface area contributed by atoms with Gasteiger partial charge < -0.3 is 9.88 Å². The van der Waals surface area contributed by atoms with Crippen molar-refractivity contribution >= 4 is 11.5 Å². The summed E-state index contributed by atoms with van der Waals surface area (Å²) in [7, 11) is 2.10. The monoisotopic (exact) mass is 396 g/mol. The number of halogens is 2. The van der Waals surface area contributed by atoms with Crippen molar-refractivity contribution in [3.05, 3.63) is 66.0 Å². The van der Waals surface area contributed by atoms with Gasteiger partial charge in [-0.3, -0.25) is 4.90 Å². The van der Waals surface area contributed by atoms with Crippen molar-refractivity contribution < 1.29 is 8.78 Å². The van der Waals surface area contributed by atoms with Crippen molar-refractivity contribution in [2.24, 2.45) is 0 Å². The highest BCUT2D eigenvalue weighted by Gasteiger charge is 2.44. The molecular weight excluding hydrogens is 370 g/mol. The number of likely N-dealkylation sites (N-methyl/N-ethyl adjacent to an activating group) is 1. The summed E-state index contributed by atoms with van der Waals surface area (Å²) in [6.07, 6.45) is 0. The smallest absolute Gasteiger partial charge is 0.139 e. The van der Waals surface area contributed by atoms with Gasteiger partial charge in [-0.25, -0.2) is 13.8 Å². The van der Waals surface area contributed by atoms with Crippen LogP contribution in [0.1, 0.15) is 33.5 Å². The average Bonchev–Trinajstić information content (AvgIpc) is 3.04. The zero-order chi connectivity index (χ0) is 21.0. The quantitative estimate of drug-likeness (QED) is 0.636. The van der Waals surface area contributed by atoms with Crippen LogP contribution in [0.25, 0.3) is 11.3 Å². The number of anilines is 2. The molecule has 0 saturated heterocycles. The van der Waals surface area contributed by atoms with E-state index < -0.39 is 0 Å². The molecule has 4 rings (SSSR count). The summed E-state index contributed by atoms with van der Waals surface area (Å²) in [5, 5.41) is 3.45. The number of nitrogens with zero attached hydrogens (tertiary/aromatic N) is 3. The molecule has 1 aromatic heterocycles. The lowest BCUT2D eigenvalue weighted by molar-refractivity contribution is 0.0536. The Morgan fingerprint density at radius 1 is 0.897 bits per heavy atom. The van der Waals surface area contributed by atoms with Crippen LogP contribution in [0.2, 0.25) is 0 Å². The Hall–Kier alpha value is -2.73. The number of aromatic nitrogens is 2. The fraction of sp³-hybridized carbons (Fsp3) is 0.348. The number of nitrogens with one attached hydrogen (secondary N) is 1. The Morgan fingerprint density at radius 3 is 2.03 bits per heavy atom. The third-order valence-corrected chi connectivity index (χ3v) is 5.83. The van der Waals surface area contributed by atoms with E-state index in [1.807, 2.05) is 0 Å². The second-order valence-corrected chi connectivity index (χ2v) is 8.83. The maximum absolute atomic E-state index is 13.5. The molecule has 0 unspecified atom stereocenters. The lowest BCUT2D eigenvalue weighted by Gasteiger charge is -2.48. The molecular formula is C23H26F2N4. The fourth-order valence-electron chi connectivity index (χ4n) is 4.03. The van der Waals surface area contributed by atoms with Gasteiger partial charge in [0.15, 0.2) is 0 Å². The minimum absolute atomic E-state index is 0.229. The topological polar surface area (TPSA) is 33.1 Å². The summed E-state index contributed by atoms with van der Waals surface area (Å²) >= 11 is 0. The summed E-state index contributed by atoms with van der Waals surface area (Å²) in [4.78, 5) is 7.32. The van der Waals surface area contributed by atoms with Crippen LogP contribution in [0, 0.1) is 11.6 Å². The largest absolute Gasteiger partial charge is 0.340 e. The minimum Gasteiger partial charge on any atom is -0.340 e. The Bertz CT molecular complexity index is 1030. The second-order valence-electron chi connectivity index (χ2n) is 8.83. The number of hydrogen-bond acceptors (Lipinski definition) is 3. The lowest BCUT2D eigenvalue weighted by atomic mass is 9.91. The van der Waals surface area contributed by atoms with Gasteiger partial charge in [0.1, 0.15) is 29.0 Å². The van der Waals surface area contributed by atoms with Crippen molar-refractivity contribution in [1.82, 2.24) is 14.5 Å². The van der Waals surface area contributed by atoms with Crippen LogP contribution in [0.5, 0.6) is 0 Å². The normalized spacial score (nSPS) is 17.8. The average molecular weight is 396 g/mol. The van der Waals surface area contributed by atoms with E-state index in [2.05, 4.69) is 49.5 Å². The van der Waals surface area contributed by atoms with Crippen molar-refractivity contribution in [1.29, 1.82) is 0 Å². The Morgan fingerprint density at radius 2 is 1.45 bits per heavy atom. The van der Waals surface area contributed by atoms with Crippen molar-refractivity contribution in [3.8, 4) is 11.3 Å². The van der Waals surface area contributed by atoms with Crippen LogP contribution < -0.4 is 5.32 Å². The van der Waals surface area contributed by atoms with Gasteiger partial charge in [0.2, 0.25) is 0 Å². The van der Waals surface area contributed by atoms with Gasteiger partial charge in [0.25, 0.3) is 0 Å². The summed E-state index contributed by atoms with van der Waals surface area (Å²) in [5.41, 5.74) is 1.83. The number of hydrogen-bond donors (Lipinski definition) is 1. The molecule has 3 aromatic rings. The molecule has 2 aromatic carbocycles. The molecule has 1 N–H and O–H groups in total. The molecule has 0 aliphatic carbocycles. The first kappa shape index (κ1) is 19.6. The minimum atomic E-state index is -0.286. The SMILES string of the molecule is CN1CC(C)(C)n2c(nc(-c3ccc(F)cc3)c2Nc2ccc(F)cc2)C1(C)C. The lowest BCUT2D eigenvalue weighted by Crippen LogP contribution is -2.55. The molecule has 2 heterocycles. The maximum Gasteiger partial charge on any atom is 0.139 e. The molecule has 29 heavy (non-hydrogen) atoms. The molecule has 0 radical (unpaired) electrons. The van der Waals surface area contributed by atoms with Gasteiger partial charge >= 0.3 is 0 Å². The first-order chi connectivity index (χ1) is 13.6. The van der Waals surface area contributed by atoms with E-state index >= 15 is 0 Å². The van der Waals surface area contributed by atoms with Crippen molar-refractivity contribution in [3.63, 3.8) is 0 Å². The van der Waals surface area contributed by atoms with E-state index in [1.54, 1.807) is 24.3 Å². The molecule has 0 amide bonds. The van der Waals surface area contributed by atoms with Crippen LogP contribution in [0.4, 0.5) is 20.3 Å². The van der Waals surface area contributed by atoms with Gasteiger partial charge in [0.05, 0.1) is 11.1 Å². The van der Waals surface area contributed by atoms with Crippen LogP contribution in [0.3, 0.4) is 0 Å². The predicted molar refractivity (Wildman–Crippen MR) is 112 cm³/mol. The predicted octanol–water partition coefficient (Wildman–Crippen LogP) is 5.49. The highest BCUT2D eigenvalue weighted by molar-refractivity contribution is 5.77. The summed E-state index contributed by atoms with van der Waals surface area (Å²) in [5.74, 6) is 1.18. The third kappa shape index (κ3) is 3.31. The standard InChI is InChI=1S/C23H26F2N4/c1-22(2)14-28(5)23(3,4)21-27-19(15-6-8-16(24)9-7-15)20(29(21)22)26-18-12-10-17(25)11-13-18/h6-13,26H,14H2,1-5H3. The summed E-state index contributed by atoms with van der Waals surface area (Å²) in [6.45, 7) is 9.49. The molecule has 0 fully saturated rings. The molecule has 152 valence electrons. The molecule has 1 aliphatic heterocycles. The van der Waals surface area contributed by atoms with Gasteiger partial charge in [-0.2, -0.15) is 0 Å². The molecule has 1 aliphatic rings. The molecule has 0 bridgehead atoms. The van der Waals surface area contributed by atoms with Crippen LogP contribution in [-0.4, -0.2) is 28.0 Å². The molecule has 0 atom stereocenters. The van der Waals surface area contributed by atoms with E-state index in [9.17, 15) is 8.78 Å². The second kappa shape index (κ2) is 6.66. The molecule has 4 nitrogen and oxygen atoms in total. The van der Waals surface area contributed by atoms with E-state index in [-0.39, 0.29) is 22.7 Å². The van der Waals surface area contributed by atoms with E-state index in [0.717, 1.165) is 35.1 Å². The maximum atomic E-state index is 13.5. The van der Waals surface area contributed by atoms with Gasteiger partial charge in [-0.1, -0.05) is 0 Å². The summed E-state index contributed by atoms with van der Waals surface area (Å²) < 4.78 is 29.2. The van der Waals surface area contributed by atoms with Gasteiger partial charge in [-0.05, 0) is 83.3 Å². The summed E-state index contributed by atoms with van der Waals surface area (Å²) in [6, 6.07) is 12.6. The number of fused-ring (bicyclic) bond motifs is 1.